The lowest BCUT2D eigenvalue weighted by Crippen LogP contribution is -2.44. The molecule has 2 heterocycles. The van der Waals surface area contributed by atoms with Gasteiger partial charge in [-0.3, -0.25) is 14.4 Å². The van der Waals surface area contributed by atoms with Crippen LogP contribution in [0.3, 0.4) is 0 Å². The Bertz CT molecular complexity index is 753. The number of hydrogen-bond acceptors (Lipinski definition) is 3. The summed E-state index contributed by atoms with van der Waals surface area (Å²) in [5.41, 5.74) is 0.0539. The minimum absolute atomic E-state index is 0.0449. The van der Waals surface area contributed by atoms with E-state index >= 15 is 0 Å². The molecule has 1 amide bonds. The molecule has 1 aliphatic heterocycles. The van der Waals surface area contributed by atoms with Crippen LogP contribution in [-0.4, -0.2) is 39.7 Å². The summed E-state index contributed by atoms with van der Waals surface area (Å²) in [6.07, 6.45) is 2.09. The molecule has 1 N–H and O–H groups in total. The molecular formula is C20H25F3N4O. The van der Waals surface area contributed by atoms with E-state index in [0.29, 0.717) is 18.5 Å². The normalized spacial score (nSPS) is 16.2. The van der Waals surface area contributed by atoms with E-state index in [1.165, 1.54) is 12.1 Å². The standard InChI is InChI=1S/C20H25F3N4O/c21-20(22,23)17-5-1-4-16(14-17)15-26-12-7-18(8-13-26)25-19(28)6-2-10-27-11-3-9-24-27/h1,3-5,9,11,14,18H,2,6-8,10,12-13,15H2,(H,25,28). The monoisotopic (exact) mass is 394 g/mol. The van der Waals surface area contributed by atoms with Crippen molar-refractivity contribution in [3.63, 3.8) is 0 Å². The number of carbonyl (C=O) groups excluding carboxylic acids is 1. The number of hydrogen-bond donors (Lipinski definition) is 1. The van der Waals surface area contributed by atoms with Crippen molar-refractivity contribution < 1.29 is 18.0 Å². The number of amides is 1. The molecule has 8 heteroatoms. The van der Waals surface area contributed by atoms with Gasteiger partial charge < -0.3 is 5.32 Å². The summed E-state index contributed by atoms with van der Waals surface area (Å²) >= 11 is 0. The molecule has 0 aliphatic carbocycles. The van der Waals surface area contributed by atoms with Gasteiger partial charge in [0.1, 0.15) is 0 Å². The van der Waals surface area contributed by atoms with Gasteiger partial charge in [0.05, 0.1) is 5.56 Å². The summed E-state index contributed by atoms with van der Waals surface area (Å²) in [6, 6.07) is 7.48. The highest BCUT2D eigenvalue weighted by atomic mass is 19.4. The molecule has 2 aromatic rings. The molecule has 0 bridgehead atoms. The molecule has 1 aromatic carbocycles. The number of piperidine rings is 1. The maximum Gasteiger partial charge on any atom is 0.416 e. The van der Waals surface area contributed by atoms with Crippen molar-refractivity contribution in [1.82, 2.24) is 20.0 Å². The third-order valence-corrected chi connectivity index (χ3v) is 4.96. The molecule has 0 saturated carbocycles. The Hall–Kier alpha value is -2.35. The van der Waals surface area contributed by atoms with E-state index in [1.54, 1.807) is 16.9 Å². The Morgan fingerprint density at radius 1 is 1.21 bits per heavy atom. The van der Waals surface area contributed by atoms with E-state index in [0.717, 1.165) is 45.0 Å². The van der Waals surface area contributed by atoms with Crippen molar-refractivity contribution in [3.05, 3.63) is 53.9 Å². The summed E-state index contributed by atoms with van der Waals surface area (Å²) in [7, 11) is 0. The highest BCUT2D eigenvalue weighted by molar-refractivity contribution is 5.76. The van der Waals surface area contributed by atoms with Crippen LogP contribution in [0.4, 0.5) is 13.2 Å². The van der Waals surface area contributed by atoms with E-state index in [2.05, 4.69) is 15.3 Å². The average Bonchev–Trinajstić information content (AvgIpc) is 3.16. The SMILES string of the molecule is O=C(CCCn1cccn1)NC1CCN(Cc2cccc(C(F)(F)F)c2)CC1. The summed E-state index contributed by atoms with van der Waals surface area (Å²) in [4.78, 5) is 14.2. The zero-order chi connectivity index (χ0) is 20.0. The maximum absolute atomic E-state index is 12.8. The van der Waals surface area contributed by atoms with Crippen molar-refractivity contribution in [2.45, 2.75) is 51.0 Å². The summed E-state index contributed by atoms with van der Waals surface area (Å²) in [5, 5.41) is 7.18. The van der Waals surface area contributed by atoms with E-state index in [4.69, 9.17) is 0 Å². The Labute approximate surface area is 162 Å². The predicted molar refractivity (Wildman–Crippen MR) is 99.3 cm³/mol. The first-order valence-electron chi connectivity index (χ1n) is 9.55. The number of benzene rings is 1. The highest BCUT2D eigenvalue weighted by Gasteiger charge is 2.30. The minimum atomic E-state index is -4.31. The van der Waals surface area contributed by atoms with Gasteiger partial charge in [-0.15, -0.1) is 0 Å². The number of carbonyl (C=O) groups is 1. The van der Waals surface area contributed by atoms with E-state index in [-0.39, 0.29) is 11.9 Å². The third kappa shape index (κ3) is 6.09. The molecule has 1 aromatic heterocycles. The van der Waals surface area contributed by atoms with Gasteiger partial charge in [-0.1, -0.05) is 18.2 Å². The molecule has 1 aliphatic rings. The van der Waals surface area contributed by atoms with Crippen LogP contribution in [0.15, 0.2) is 42.7 Å². The van der Waals surface area contributed by atoms with Crippen molar-refractivity contribution in [2.75, 3.05) is 13.1 Å². The summed E-state index contributed by atoms with van der Waals surface area (Å²) in [6.45, 7) is 2.73. The van der Waals surface area contributed by atoms with Crippen molar-refractivity contribution in [3.8, 4) is 0 Å². The van der Waals surface area contributed by atoms with Gasteiger partial charge in [0.2, 0.25) is 5.91 Å². The first-order valence-corrected chi connectivity index (χ1v) is 9.55. The van der Waals surface area contributed by atoms with Crippen LogP contribution < -0.4 is 5.32 Å². The Kier molecular flexibility index (Phi) is 6.72. The Balaban J connectivity index is 1.38. The number of halogens is 3. The second-order valence-electron chi connectivity index (χ2n) is 7.19. The van der Waals surface area contributed by atoms with Crippen LogP contribution in [0.1, 0.15) is 36.8 Å². The minimum Gasteiger partial charge on any atom is -0.353 e. The van der Waals surface area contributed by atoms with Gasteiger partial charge in [-0.2, -0.15) is 18.3 Å². The molecule has 5 nitrogen and oxygen atoms in total. The highest BCUT2D eigenvalue weighted by Crippen LogP contribution is 2.30. The van der Waals surface area contributed by atoms with Gasteiger partial charge in [0.15, 0.2) is 0 Å². The zero-order valence-electron chi connectivity index (χ0n) is 15.7. The fourth-order valence-electron chi connectivity index (χ4n) is 3.47. The van der Waals surface area contributed by atoms with Crippen LogP contribution in [0.2, 0.25) is 0 Å². The van der Waals surface area contributed by atoms with E-state index in [1.807, 2.05) is 12.3 Å². The number of aryl methyl sites for hydroxylation is 1. The third-order valence-electron chi connectivity index (χ3n) is 4.96. The van der Waals surface area contributed by atoms with Crippen LogP contribution in [-0.2, 0) is 24.1 Å². The van der Waals surface area contributed by atoms with Crippen LogP contribution in [0.5, 0.6) is 0 Å². The Morgan fingerprint density at radius 3 is 2.68 bits per heavy atom. The average molecular weight is 394 g/mol. The first-order chi connectivity index (χ1) is 13.4. The second-order valence-corrected chi connectivity index (χ2v) is 7.19. The van der Waals surface area contributed by atoms with E-state index < -0.39 is 11.7 Å². The smallest absolute Gasteiger partial charge is 0.353 e. The molecule has 0 spiro atoms. The Morgan fingerprint density at radius 2 is 2.00 bits per heavy atom. The van der Waals surface area contributed by atoms with Gasteiger partial charge in [0.25, 0.3) is 0 Å². The zero-order valence-corrected chi connectivity index (χ0v) is 15.7. The number of rotatable bonds is 7. The number of aromatic nitrogens is 2. The maximum atomic E-state index is 12.8. The van der Waals surface area contributed by atoms with Gasteiger partial charge in [-0.05, 0) is 37.0 Å². The number of likely N-dealkylation sites (tertiary alicyclic amines) is 1. The predicted octanol–water partition coefficient (Wildman–Crippen LogP) is 3.46. The molecule has 0 atom stereocenters. The van der Waals surface area contributed by atoms with Crippen molar-refractivity contribution in [1.29, 1.82) is 0 Å². The summed E-state index contributed by atoms with van der Waals surface area (Å²) < 4.78 is 40.3. The van der Waals surface area contributed by atoms with Gasteiger partial charge in [0, 0.05) is 51.0 Å². The lowest BCUT2D eigenvalue weighted by Gasteiger charge is -2.32. The van der Waals surface area contributed by atoms with Crippen LogP contribution in [0, 0.1) is 0 Å². The first kappa shape index (κ1) is 20.4. The molecule has 0 radical (unpaired) electrons. The molecule has 152 valence electrons. The lowest BCUT2D eigenvalue weighted by molar-refractivity contribution is -0.137. The van der Waals surface area contributed by atoms with Gasteiger partial charge >= 0.3 is 6.18 Å². The lowest BCUT2D eigenvalue weighted by atomic mass is 10.0. The largest absolute Gasteiger partial charge is 0.416 e. The fraction of sp³-hybridized carbons (Fsp3) is 0.500. The molecule has 1 saturated heterocycles. The fourth-order valence-corrected chi connectivity index (χ4v) is 3.47. The number of alkyl halides is 3. The molecule has 3 rings (SSSR count). The number of nitrogens with zero attached hydrogens (tertiary/aromatic N) is 3. The van der Waals surface area contributed by atoms with Crippen molar-refractivity contribution in [2.24, 2.45) is 0 Å². The van der Waals surface area contributed by atoms with Crippen molar-refractivity contribution >= 4 is 5.91 Å². The topological polar surface area (TPSA) is 50.2 Å². The second kappa shape index (κ2) is 9.23. The molecule has 1 fully saturated rings. The number of nitrogens with one attached hydrogen (secondary N) is 1. The van der Waals surface area contributed by atoms with Gasteiger partial charge in [-0.25, -0.2) is 0 Å². The van der Waals surface area contributed by atoms with Crippen LogP contribution in [0.25, 0.3) is 0 Å². The molecule has 0 unspecified atom stereocenters. The molecule has 28 heavy (non-hydrogen) atoms. The molecular weight excluding hydrogens is 369 g/mol. The van der Waals surface area contributed by atoms with E-state index in [9.17, 15) is 18.0 Å². The quantitative estimate of drug-likeness (QED) is 0.783. The summed E-state index contributed by atoms with van der Waals surface area (Å²) in [5.74, 6) is 0.0449. The van der Waals surface area contributed by atoms with Crippen LogP contribution >= 0.6 is 0 Å².